The average molecular weight is 496 g/mol. The van der Waals surface area contributed by atoms with E-state index in [0.717, 1.165) is 32.6 Å². The molecule has 0 aromatic heterocycles. The highest BCUT2D eigenvalue weighted by molar-refractivity contribution is 7.89. The summed E-state index contributed by atoms with van der Waals surface area (Å²) in [6.07, 6.45) is 0.775. The molecule has 0 saturated heterocycles. The molecular weight excluding hydrogens is 462 g/mol. The monoisotopic (exact) mass is 495 g/mol. The predicted molar refractivity (Wildman–Crippen MR) is 138 cm³/mol. The summed E-state index contributed by atoms with van der Waals surface area (Å²) in [5.74, 6) is -0.715. The quantitative estimate of drug-likeness (QED) is 0.465. The SMILES string of the molecule is CCCNC(=O)[C@H](C)N(Cc1ccccc1C)C(=O)CN(C)S(=O)(=O)c1ccc2ccccc2c1. The minimum Gasteiger partial charge on any atom is -0.354 e. The minimum absolute atomic E-state index is 0.116. The molecule has 3 aromatic rings. The molecule has 186 valence electrons. The van der Waals surface area contributed by atoms with Gasteiger partial charge in [0.2, 0.25) is 21.8 Å². The Labute approximate surface area is 207 Å². The van der Waals surface area contributed by atoms with Gasteiger partial charge in [0, 0.05) is 20.1 Å². The molecule has 0 bridgehead atoms. The summed E-state index contributed by atoms with van der Waals surface area (Å²) in [4.78, 5) is 27.7. The van der Waals surface area contributed by atoms with Crippen LogP contribution in [0.2, 0.25) is 0 Å². The number of rotatable bonds is 10. The van der Waals surface area contributed by atoms with Crippen molar-refractivity contribution in [2.24, 2.45) is 0 Å². The van der Waals surface area contributed by atoms with Crippen LogP contribution in [0.4, 0.5) is 0 Å². The van der Waals surface area contributed by atoms with E-state index in [0.29, 0.717) is 6.54 Å². The molecule has 0 unspecified atom stereocenters. The molecule has 0 spiro atoms. The summed E-state index contributed by atoms with van der Waals surface area (Å²) in [6.45, 7) is 5.89. The highest BCUT2D eigenvalue weighted by Crippen LogP contribution is 2.22. The van der Waals surface area contributed by atoms with Gasteiger partial charge in [-0.25, -0.2) is 8.42 Å². The van der Waals surface area contributed by atoms with E-state index in [1.54, 1.807) is 25.1 Å². The van der Waals surface area contributed by atoms with Crippen LogP contribution in [-0.2, 0) is 26.2 Å². The Morgan fingerprint density at radius 2 is 1.63 bits per heavy atom. The molecule has 7 nitrogen and oxygen atoms in total. The van der Waals surface area contributed by atoms with E-state index < -0.39 is 22.0 Å². The lowest BCUT2D eigenvalue weighted by atomic mass is 10.1. The lowest BCUT2D eigenvalue weighted by Gasteiger charge is -2.30. The number of carbonyl (C=O) groups is 2. The Kier molecular flexibility index (Phi) is 8.64. The highest BCUT2D eigenvalue weighted by Gasteiger charge is 2.30. The second kappa shape index (κ2) is 11.5. The molecule has 0 radical (unpaired) electrons. The van der Waals surface area contributed by atoms with Gasteiger partial charge in [-0.2, -0.15) is 4.31 Å². The van der Waals surface area contributed by atoms with Crippen LogP contribution in [0.5, 0.6) is 0 Å². The van der Waals surface area contributed by atoms with Crippen molar-refractivity contribution in [1.82, 2.24) is 14.5 Å². The van der Waals surface area contributed by atoms with Crippen LogP contribution in [0.15, 0.2) is 71.6 Å². The number of aryl methyl sites for hydroxylation is 1. The first-order chi connectivity index (χ1) is 16.6. The van der Waals surface area contributed by atoms with Crippen LogP contribution in [0.1, 0.15) is 31.4 Å². The number of fused-ring (bicyclic) bond motifs is 1. The van der Waals surface area contributed by atoms with E-state index in [-0.39, 0.29) is 23.9 Å². The first-order valence-corrected chi connectivity index (χ1v) is 13.2. The van der Waals surface area contributed by atoms with E-state index in [9.17, 15) is 18.0 Å². The number of benzene rings is 3. The number of sulfonamides is 1. The highest BCUT2D eigenvalue weighted by atomic mass is 32.2. The molecule has 2 amide bonds. The molecule has 3 aromatic carbocycles. The van der Waals surface area contributed by atoms with Crippen molar-refractivity contribution in [3.63, 3.8) is 0 Å². The third-order valence-corrected chi connectivity index (χ3v) is 7.90. The normalized spacial score (nSPS) is 12.5. The Morgan fingerprint density at radius 1 is 0.971 bits per heavy atom. The summed E-state index contributed by atoms with van der Waals surface area (Å²) in [7, 11) is -2.53. The van der Waals surface area contributed by atoms with Gasteiger partial charge in [0.25, 0.3) is 0 Å². The fourth-order valence-electron chi connectivity index (χ4n) is 3.82. The third kappa shape index (κ3) is 6.26. The Balaban J connectivity index is 1.85. The van der Waals surface area contributed by atoms with Crippen molar-refractivity contribution in [3.05, 3.63) is 77.9 Å². The summed E-state index contributed by atoms with van der Waals surface area (Å²) in [5, 5.41) is 4.56. The number of nitrogens with one attached hydrogen (secondary N) is 1. The van der Waals surface area contributed by atoms with Gasteiger partial charge in [-0.15, -0.1) is 0 Å². The van der Waals surface area contributed by atoms with Gasteiger partial charge in [-0.05, 0) is 54.3 Å². The molecular formula is C27H33N3O4S. The molecule has 0 aliphatic rings. The topological polar surface area (TPSA) is 86.8 Å². The van der Waals surface area contributed by atoms with Gasteiger partial charge in [0.05, 0.1) is 11.4 Å². The van der Waals surface area contributed by atoms with Gasteiger partial charge >= 0.3 is 0 Å². The van der Waals surface area contributed by atoms with Gasteiger partial charge in [0.1, 0.15) is 6.04 Å². The molecule has 0 heterocycles. The van der Waals surface area contributed by atoms with Crippen LogP contribution in [0.25, 0.3) is 10.8 Å². The summed E-state index contributed by atoms with van der Waals surface area (Å²) in [5.41, 5.74) is 1.89. The second-order valence-corrected chi connectivity index (χ2v) is 10.7. The zero-order valence-electron chi connectivity index (χ0n) is 20.7. The molecule has 0 aliphatic heterocycles. The molecule has 1 N–H and O–H groups in total. The third-order valence-electron chi connectivity index (χ3n) is 6.11. The average Bonchev–Trinajstić information content (AvgIpc) is 2.85. The van der Waals surface area contributed by atoms with Crippen molar-refractivity contribution in [2.45, 2.75) is 44.7 Å². The molecule has 35 heavy (non-hydrogen) atoms. The number of likely N-dealkylation sites (N-methyl/N-ethyl adjacent to an activating group) is 1. The molecule has 0 aliphatic carbocycles. The number of nitrogens with zero attached hydrogens (tertiary/aromatic N) is 2. The smallest absolute Gasteiger partial charge is 0.243 e. The summed E-state index contributed by atoms with van der Waals surface area (Å²) < 4.78 is 27.6. The second-order valence-electron chi connectivity index (χ2n) is 8.69. The van der Waals surface area contributed by atoms with Crippen LogP contribution in [0.3, 0.4) is 0 Å². The van der Waals surface area contributed by atoms with Gasteiger partial charge < -0.3 is 10.2 Å². The van der Waals surface area contributed by atoms with Gasteiger partial charge in [0.15, 0.2) is 0 Å². The Hall–Kier alpha value is -3.23. The summed E-state index contributed by atoms with van der Waals surface area (Å²) in [6, 6.07) is 19.3. The molecule has 8 heteroatoms. The van der Waals surface area contributed by atoms with E-state index in [2.05, 4.69) is 5.32 Å². The van der Waals surface area contributed by atoms with E-state index >= 15 is 0 Å². The maximum atomic E-state index is 13.4. The largest absolute Gasteiger partial charge is 0.354 e. The van der Waals surface area contributed by atoms with Crippen molar-refractivity contribution in [2.75, 3.05) is 20.1 Å². The molecule has 0 fully saturated rings. The Morgan fingerprint density at radius 3 is 2.31 bits per heavy atom. The first-order valence-electron chi connectivity index (χ1n) is 11.7. The van der Waals surface area contributed by atoms with E-state index in [1.807, 2.05) is 62.4 Å². The fourth-order valence-corrected chi connectivity index (χ4v) is 4.98. The summed E-state index contributed by atoms with van der Waals surface area (Å²) >= 11 is 0. The van der Waals surface area contributed by atoms with Crippen LogP contribution >= 0.6 is 0 Å². The van der Waals surface area contributed by atoms with Crippen molar-refractivity contribution < 1.29 is 18.0 Å². The minimum atomic E-state index is -3.91. The fraction of sp³-hybridized carbons (Fsp3) is 0.333. The molecule has 0 saturated carbocycles. The lowest BCUT2D eigenvalue weighted by molar-refractivity contribution is -0.140. The van der Waals surface area contributed by atoms with Gasteiger partial charge in [-0.1, -0.05) is 61.5 Å². The first kappa shape index (κ1) is 26.4. The van der Waals surface area contributed by atoms with Crippen LogP contribution in [-0.4, -0.2) is 55.6 Å². The Bertz CT molecular complexity index is 1310. The zero-order valence-corrected chi connectivity index (χ0v) is 21.5. The van der Waals surface area contributed by atoms with Crippen LogP contribution < -0.4 is 5.32 Å². The lowest BCUT2D eigenvalue weighted by Crippen LogP contribution is -2.50. The zero-order chi connectivity index (χ0) is 25.6. The molecule has 1 atom stereocenters. The van der Waals surface area contributed by atoms with Gasteiger partial charge in [-0.3, -0.25) is 9.59 Å². The number of amides is 2. The standard InChI is InChI=1S/C27H33N3O4S/c1-5-16-28-27(32)21(3)30(18-24-13-7-6-10-20(24)2)26(31)19-29(4)35(33,34)25-15-14-22-11-8-9-12-23(22)17-25/h6-15,17,21H,5,16,18-19H2,1-4H3,(H,28,32)/t21-/m0/s1. The van der Waals surface area contributed by atoms with Crippen molar-refractivity contribution in [3.8, 4) is 0 Å². The number of carbonyl (C=O) groups excluding carboxylic acids is 2. The molecule has 3 rings (SSSR count). The van der Waals surface area contributed by atoms with Crippen molar-refractivity contribution >= 4 is 32.6 Å². The number of hydrogen-bond acceptors (Lipinski definition) is 4. The predicted octanol–water partition coefficient (Wildman–Crippen LogP) is 3.71. The maximum absolute atomic E-state index is 13.4. The van der Waals surface area contributed by atoms with Crippen molar-refractivity contribution in [1.29, 1.82) is 0 Å². The van der Waals surface area contributed by atoms with E-state index in [4.69, 9.17) is 0 Å². The van der Waals surface area contributed by atoms with Crippen LogP contribution in [0, 0.1) is 6.92 Å². The van der Waals surface area contributed by atoms with E-state index in [1.165, 1.54) is 11.9 Å². The maximum Gasteiger partial charge on any atom is 0.243 e. The number of hydrogen-bond donors (Lipinski definition) is 1.